The molecule has 7 nitrogen and oxygen atoms in total. The van der Waals surface area contributed by atoms with Gasteiger partial charge in [-0.05, 0) is 50.9 Å². The smallest absolute Gasteiger partial charge is 0.407 e. The topological polar surface area (TPSA) is 75.0 Å². The van der Waals surface area contributed by atoms with Crippen LogP contribution >= 0.6 is 0 Å². The van der Waals surface area contributed by atoms with Gasteiger partial charge in [0, 0.05) is 12.5 Å². The fourth-order valence-electron chi connectivity index (χ4n) is 4.23. The van der Waals surface area contributed by atoms with Crippen LogP contribution < -0.4 is 5.32 Å². The van der Waals surface area contributed by atoms with Crippen molar-refractivity contribution >= 4 is 12.0 Å². The predicted molar refractivity (Wildman–Crippen MR) is 89.7 cm³/mol. The molecule has 3 saturated heterocycles. The van der Waals surface area contributed by atoms with Crippen LogP contribution in [0.15, 0.2) is 22.8 Å². The largest absolute Gasteiger partial charge is 0.468 e. The second-order valence-electron chi connectivity index (χ2n) is 7.42. The van der Waals surface area contributed by atoms with E-state index in [2.05, 4.69) is 10.2 Å². The first-order valence-corrected chi connectivity index (χ1v) is 9.14. The molecule has 1 spiro atoms. The van der Waals surface area contributed by atoms with Gasteiger partial charge in [0.05, 0.1) is 25.9 Å². The summed E-state index contributed by atoms with van der Waals surface area (Å²) in [7, 11) is 0. The number of ether oxygens (including phenoxy) is 1. The van der Waals surface area contributed by atoms with Crippen LogP contribution in [0.3, 0.4) is 0 Å². The zero-order chi connectivity index (χ0) is 17.3. The van der Waals surface area contributed by atoms with E-state index in [9.17, 15) is 9.59 Å². The maximum atomic E-state index is 12.9. The lowest BCUT2D eigenvalue weighted by Gasteiger charge is -2.40. The summed E-state index contributed by atoms with van der Waals surface area (Å²) >= 11 is 0. The van der Waals surface area contributed by atoms with Gasteiger partial charge in [0.25, 0.3) is 0 Å². The summed E-state index contributed by atoms with van der Waals surface area (Å²) in [5.74, 6) is 1.27. The Labute approximate surface area is 147 Å². The van der Waals surface area contributed by atoms with E-state index in [0.29, 0.717) is 13.1 Å². The summed E-state index contributed by atoms with van der Waals surface area (Å²) in [5.41, 5.74) is -0.509. The third-order valence-corrected chi connectivity index (χ3v) is 5.61. The fourth-order valence-corrected chi connectivity index (χ4v) is 4.23. The number of hydrogen-bond donors (Lipinski definition) is 1. The second kappa shape index (κ2) is 6.71. The fraction of sp³-hybridized carbons (Fsp3) is 0.667. The molecule has 25 heavy (non-hydrogen) atoms. The number of nitrogens with zero attached hydrogens (tertiary/aromatic N) is 2. The van der Waals surface area contributed by atoms with Gasteiger partial charge < -0.3 is 19.4 Å². The molecule has 0 saturated carbocycles. The van der Waals surface area contributed by atoms with Crippen LogP contribution in [0.25, 0.3) is 0 Å². The maximum absolute atomic E-state index is 12.9. The normalized spacial score (nSPS) is 28.2. The Balaban J connectivity index is 1.30. The first-order chi connectivity index (χ1) is 12.1. The van der Waals surface area contributed by atoms with Gasteiger partial charge in [0.2, 0.25) is 5.91 Å². The lowest BCUT2D eigenvalue weighted by molar-refractivity contribution is -0.142. The van der Waals surface area contributed by atoms with Crippen LogP contribution in [0.5, 0.6) is 0 Å². The van der Waals surface area contributed by atoms with Crippen LogP contribution in [-0.2, 0) is 16.1 Å². The Morgan fingerprint density at radius 3 is 2.84 bits per heavy atom. The molecule has 7 heteroatoms. The number of rotatable bonds is 3. The minimum atomic E-state index is -0.509. The first-order valence-electron chi connectivity index (χ1n) is 9.14. The van der Waals surface area contributed by atoms with E-state index >= 15 is 0 Å². The number of furan rings is 1. The van der Waals surface area contributed by atoms with E-state index in [0.717, 1.165) is 57.6 Å². The molecule has 1 atom stereocenters. The Morgan fingerprint density at radius 2 is 2.16 bits per heavy atom. The van der Waals surface area contributed by atoms with Gasteiger partial charge in [-0.1, -0.05) is 0 Å². The third kappa shape index (κ3) is 3.51. The number of piperidine rings is 2. The summed E-state index contributed by atoms with van der Waals surface area (Å²) in [6.07, 6.45) is 4.81. The number of likely N-dealkylation sites (tertiary alicyclic amines) is 2. The average Bonchev–Trinajstić information content (AvgIpc) is 3.25. The highest BCUT2D eigenvalue weighted by molar-refractivity contribution is 5.79. The molecule has 0 radical (unpaired) electrons. The number of nitrogens with one attached hydrogen (secondary N) is 1. The highest BCUT2D eigenvalue weighted by atomic mass is 16.6. The maximum Gasteiger partial charge on any atom is 0.407 e. The molecule has 1 N–H and O–H groups in total. The van der Waals surface area contributed by atoms with Crippen molar-refractivity contribution in [3.63, 3.8) is 0 Å². The Kier molecular flexibility index (Phi) is 4.41. The van der Waals surface area contributed by atoms with Crippen molar-refractivity contribution in [3.8, 4) is 0 Å². The molecular formula is C18H25N3O4. The third-order valence-electron chi connectivity index (χ3n) is 5.61. The number of carbonyl (C=O) groups is 2. The van der Waals surface area contributed by atoms with Crippen LogP contribution in [0.1, 0.15) is 31.4 Å². The van der Waals surface area contributed by atoms with E-state index in [1.165, 1.54) is 0 Å². The zero-order valence-corrected chi connectivity index (χ0v) is 14.4. The van der Waals surface area contributed by atoms with Gasteiger partial charge in [-0.25, -0.2) is 4.79 Å². The lowest BCUT2D eigenvalue weighted by Crippen LogP contribution is -2.54. The minimum absolute atomic E-state index is 0.0769. The Morgan fingerprint density at radius 1 is 1.32 bits per heavy atom. The highest BCUT2D eigenvalue weighted by Crippen LogP contribution is 2.30. The van der Waals surface area contributed by atoms with Crippen molar-refractivity contribution in [2.45, 2.75) is 37.8 Å². The molecule has 0 unspecified atom stereocenters. The van der Waals surface area contributed by atoms with Crippen LogP contribution in [-0.4, -0.2) is 60.1 Å². The van der Waals surface area contributed by atoms with Crippen LogP contribution in [0, 0.1) is 5.92 Å². The van der Waals surface area contributed by atoms with Crippen molar-refractivity contribution in [2.24, 2.45) is 5.92 Å². The summed E-state index contributed by atoms with van der Waals surface area (Å²) in [4.78, 5) is 28.6. The monoisotopic (exact) mass is 347 g/mol. The summed E-state index contributed by atoms with van der Waals surface area (Å²) in [5, 5.41) is 2.73. The molecule has 4 rings (SSSR count). The van der Waals surface area contributed by atoms with E-state index in [1.807, 2.05) is 17.0 Å². The lowest BCUT2D eigenvalue weighted by atomic mass is 9.90. The molecule has 136 valence electrons. The van der Waals surface area contributed by atoms with E-state index in [-0.39, 0.29) is 17.9 Å². The minimum Gasteiger partial charge on any atom is -0.468 e. The van der Waals surface area contributed by atoms with Crippen LogP contribution in [0.2, 0.25) is 0 Å². The summed E-state index contributed by atoms with van der Waals surface area (Å²) in [6.45, 7) is 4.43. The molecule has 0 bridgehead atoms. The molecule has 3 fully saturated rings. The van der Waals surface area contributed by atoms with E-state index < -0.39 is 5.60 Å². The van der Waals surface area contributed by atoms with Gasteiger partial charge in [-0.3, -0.25) is 9.69 Å². The van der Waals surface area contributed by atoms with E-state index in [4.69, 9.17) is 9.15 Å². The van der Waals surface area contributed by atoms with Gasteiger partial charge >= 0.3 is 6.09 Å². The van der Waals surface area contributed by atoms with Gasteiger partial charge in [-0.15, -0.1) is 0 Å². The first kappa shape index (κ1) is 16.4. The molecule has 1 aromatic heterocycles. The van der Waals surface area contributed by atoms with Crippen molar-refractivity contribution < 1.29 is 18.7 Å². The Bertz CT molecular complexity index is 624. The standard InChI is InChI=1S/C18H25N3O4/c22-16(21-7-2-6-18(13-21)12-19-17(23)25-18)14-4-8-20(9-5-14)11-15-3-1-10-24-15/h1,3,10,14H,2,4-9,11-13H2,(H,19,23)/t18-/m1/s1. The van der Waals surface area contributed by atoms with Crippen LogP contribution in [0.4, 0.5) is 4.79 Å². The van der Waals surface area contributed by atoms with Gasteiger partial charge in [0.15, 0.2) is 0 Å². The predicted octanol–water partition coefficient (Wildman–Crippen LogP) is 1.59. The molecule has 3 aliphatic rings. The molecule has 3 aliphatic heterocycles. The number of hydrogen-bond acceptors (Lipinski definition) is 5. The molecule has 1 aromatic rings. The quantitative estimate of drug-likeness (QED) is 0.899. The SMILES string of the molecule is O=C1NC[C@@]2(CCCN(C(=O)C3CCN(Cc4ccco4)CC3)C2)O1. The molecule has 0 aliphatic carbocycles. The molecular weight excluding hydrogens is 322 g/mol. The van der Waals surface area contributed by atoms with Crippen molar-refractivity contribution in [1.82, 2.24) is 15.1 Å². The summed E-state index contributed by atoms with van der Waals surface area (Å²) in [6, 6.07) is 3.89. The summed E-state index contributed by atoms with van der Waals surface area (Å²) < 4.78 is 10.9. The second-order valence-corrected chi connectivity index (χ2v) is 7.42. The number of alkyl carbamates (subject to hydrolysis) is 1. The average molecular weight is 347 g/mol. The number of amides is 2. The zero-order valence-electron chi connectivity index (χ0n) is 14.4. The number of carbonyl (C=O) groups excluding carboxylic acids is 2. The molecule has 0 aromatic carbocycles. The van der Waals surface area contributed by atoms with Crippen molar-refractivity contribution in [2.75, 3.05) is 32.7 Å². The highest BCUT2D eigenvalue weighted by Gasteiger charge is 2.45. The van der Waals surface area contributed by atoms with Gasteiger partial charge in [-0.2, -0.15) is 0 Å². The van der Waals surface area contributed by atoms with E-state index in [1.54, 1.807) is 6.26 Å². The molecule has 4 heterocycles. The Hall–Kier alpha value is -2.02. The van der Waals surface area contributed by atoms with Crippen molar-refractivity contribution in [3.05, 3.63) is 24.2 Å². The van der Waals surface area contributed by atoms with Crippen molar-refractivity contribution in [1.29, 1.82) is 0 Å². The van der Waals surface area contributed by atoms with Gasteiger partial charge in [0.1, 0.15) is 11.4 Å². The molecule has 2 amide bonds.